The highest BCUT2D eigenvalue weighted by molar-refractivity contribution is 5.93. The maximum Gasteiger partial charge on any atom is 0.322 e. The summed E-state index contributed by atoms with van der Waals surface area (Å²) in [5, 5.41) is 2.99. The quantitative estimate of drug-likeness (QED) is 0.430. The van der Waals surface area contributed by atoms with Crippen LogP contribution in [0.2, 0.25) is 0 Å². The van der Waals surface area contributed by atoms with Crippen LogP contribution in [0.25, 0.3) is 0 Å². The molecule has 0 bridgehead atoms. The number of urea groups is 1. The van der Waals surface area contributed by atoms with Crippen LogP contribution in [0, 0.1) is 26.7 Å². The Labute approximate surface area is 202 Å². The summed E-state index contributed by atoms with van der Waals surface area (Å²) >= 11 is 0. The SMILES string of the molecule is Cc1ccc(NC(=O)N(CC(=O)N(Cc2ccccc2)Cc2ccc(C)o2)CC(C)C)c(C)c1. The Morgan fingerprint density at radius 2 is 1.65 bits per heavy atom. The fourth-order valence-corrected chi connectivity index (χ4v) is 3.87. The van der Waals surface area contributed by atoms with Gasteiger partial charge in [0.2, 0.25) is 5.91 Å². The van der Waals surface area contributed by atoms with Crippen molar-refractivity contribution in [3.8, 4) is 0 Å². The number of amides is 3. The number of hydrogen-bond donors (Lipinski definition) is 1. The lowest BCUT2D eigenvalue weighted by Crippen LogP contribution is -2.45. The van der Waals surface area contributed by atoms with Gasteiger partial charge < -0.3 is 19.5 Å². The topological polar surface area (TPSA) is 65.8 Å². The van der Waals surface area contributed by atoms with Crippen LogP contribution in [0.1, 0.15) is 42.1 Å². The number of nitrogens with one attached hydrogen (secondary N) is 1. The van der Waals surface area contributed by atoms with Gasteiger partial charge in [-0.05, 0) is 56.0 Å². The minimum Gasteiger partial charge on any atom is -0.464 e. The first-order chi connectivity index (χ1) is 16.2. The van der Waals surface area contributed by atoms with Crippen LogP contribution in [-0.2, 0) is 17.9 Å². The van der Waals surface area contributed by atoms with Crippen LogP contribution in [0.4, 0.5) is 10.5 Å². The molecule has 180 valence electrons. The lowest BCUT2D eigenvalue weighted by molar-refractivity contribution is -0.133. The number of anilines is 1. The van der Waals surface area contributed by atoms with Crippen molar-refractivity contribution >= 4 is 17.6 Å². The van der Waals surface area contributed by atoms with Crippen molar-refractivity contribution in [3.63, 3.8) is 0 Å². The van der Waals surface area contributed by atoms with Crippen molar-refractivity contribution in [1.82, 2.24) is 9.80 Å². The fourth-order valence-electron chi connectivity index (χ4n) is 3.87. The third-order valence-corrected chi connectivity index (χ3v) is 5.53. The maximum absolute atomic E-state index is 13.5. The van der Waals surface area contributed by atoms with Crippen molar-refractivity contribution in [1.29, 1.82) is 0 Å². The standard InChI is InChI=1S/C28H35N3O3/c1-20(2)16-31(28(33)29-26-14-11-21(3)15-22(26)4)19-27(32)30(17-24-9-7-6-8-10-24)18-25-13-12-23(5)34-25/h6-15,20H,16-19H2,1-5H3,(H,29,33). The van der Waals surface area contributed by atoms with Crippen molar-refractivity contribution in [2.45, 2.75) is 47.7 Å². The normalized spacial score (nSPS) is 10.9. The Morgan fingerprint density at radius 1 is 0.912 bits per heavy atom. The van der Waals surface area contributed by atoms with E-state index in [2.05, 4.69) is 5.32 Å². The minimum absolute atomic E-state index is 0.0125. The van der Waals surface area contributed by atoms with Crippen molar-refractivity contribution in [2.75, 3.05) is 18.4 Å². The molecule has 0 unspecified atom stereocenters. The zero-order valence-electron chi connectivity index (χ0n) is 20.8. The van der Waals surface area contributed by atoms with Gasteiger partial charge in [-0.15, -0.1) is 0 Å². The molecule has 34 heavy (non-hydrogen) atoms. The van der Waals surface area contributed by atoms with E-state index in [1.165, 1.54) is 0 Å². The van der Waals surface area contributed by atoms with Crippen molar-refractivity contribution < 1.29 is 14.0 Å². The van der Waals surface area contributed by atoms with E-state index in [4.69, 9.17) is 4.42 Å². The van der Waals surface area contributed by atoms with E-state index < -0.39 is 0 Å². The first kappa shape index (κ1) is 25.1. The summed E-state index contributed by atoms with van der Waals surface area (Å²) in [6.45, 7) is 11.2. The Bertz CT molecular complexity index is 1110. The first-order valence-electron chi connectivity index (χ1n) is 11.7. The highest BCUT2D eigenvalue weighted by Gasteiger charge is 2.23. The number of benzene rings is 2. The third kappa shape index (κ3) is 7.24. The summed E-state index contributed by atoms with van der Waals surface area (Å²) in [6, 6.07) is 19.2. The molecule has 2 aromatic carbocycles. The minimum atomic E-state index is -0.275. The zero-order valence-corrected chi connectivity index (χ0v) is 20.8. The molecule has 0 radical (unpaired) electrons. The first-order valence-corrected chi connectivity index (χ1v) is 11.7. The van der Waals surface area contributed by atoms with Crippen LogP contribution >= 0.6 is 0 Å². The second-order valence-electron chi connectivity index (χ2n) is 9.27. The molecular weight excluding hydrogens is 426 g/mol. The van der Waals surface area contributed by atoms with E-state index in [0.717, 1.165) is 33.9 Å². The van der Waals surface area contributed by atoms with E-state index in [9.17, 15) is 9.59 Å². The summed E-state index contributed by atoms with van der Waals surface area (Å²) in [4.78, 5) is 30.0. The second kappa shape index (κ2) is 11.5. The van der Waals surface area contributed by atoms with Crippen LogP contribution in [0.5, 0.6) is 0 Å². The highest BCUT2D eigenvalue weighted by Crippen LogP contribution is 2.18. The van der Waals surface area contributed by atoms with Crippen molar-refractivity contribution in [2.24, 2.45) is 5.92 Å². The largest absolute Gasteiger partial charge is 0.464 e. The molecule has 0 aliphatic rings. The molecule has 1 N–H and O–H groups in total. The third-order valence-electron chi connectivity index (χ3n) is 5.53. The summed E-state index contributed by atoms with van der Waals surface area (Å²) < 4.78 is 5.73. The Balaban J connectivity index is 1.78. The van der Waals surface area contributed by atoms with E-state index in [1.54, 1.807) is 9.80 Å². The monoisotopic (exact) mass is 461 g/mol. The molecule has 0 aliphatic carbocycles. The number of hydrogen-bond acceptors (Lipinski definition) is 3. The van der Waals surface area contributed by atoms with Gasteiger partial charge >= 0.3 is 6.03 Å². The Morgan fingerprint density at radius 3 is 2.26 bits per heavy atom. The molecule has 0 fully saturated rings. The molecule has 0 saturated carbocycles. The second-order valence-corrected chi connectivity index (χ2v) is 9.27. The van der Waals surface area contributed by atoms with Crippen LogP contribution in [0.3, 0.4) is 0 Å². The number of nitrogens with zero attached hydrogens (tertiary/aromatic N) is 2. The summed E-state index contributed by atoms with van der Waals surface area (Å²) in [6.07, 6.45) is 0. The molecule has 0 aliphatic heterocycles. The van der Waals surface area contributed by atoms with Gasteiger partial charge in [0.05, 0.1) is 6.54 Å². The molecule has 3 rings (SSSR count). The van der Waals surface area contributed by atoms with Gasteiger partial charge in [0.15, 0.2) is 0 Å². The molecule has 1 heterocycles. The zero-order chi connectivity index (χ0) is 24.7. The van der Waals surface area contributed by atoms with Gasteiger partial charge in [0.25, 0.3) is 0 Å². The molecule has 6 heteroatoms. The lowest BCUT2D eigenvalue weighted by Gasteiger charge is -2.29. The predicted molar refractivity (Wildman–Crippen MR) is 135 cm³/mol. The average Bonchev–Trinajstić information content (AvgIpc) is 3.19. The Kier molecular flexibility index (Phi) is 8.52. The summed E-state index contributed by atoms with van der Waals surface area (Å²) in [5.41, 5.74) is 3.90. The van der Waals surface area contributed by atoms with Crippen LogP contribution < -0.4 is 5.32 Å². The van der Waals surface area contributed by atoms with E-state index in [0.29, 0.717) is 19.6 Å². The van der Waals surface area contributed by atoms with Crippen molar-refractivity contribution in [3.05, 3.63) is 88.9 Å². The van der Waals surface area contributed by atoms with Crippen LogP contribution in [-0.4, -0.2) is 34.8 Å². The van der Waals surface area contributed by atoms with Gasteiger partial charge in [-0.3, -0.25) is 4.79 Å². The number of carbonyl (C=O) groups is 2. The van der Waals surface area contributed by atoms with E-state index in [-0.39, 0.29) is 24.4 Å². The van der Waals surface area contributed by atoms with Gasteiger partial charge in [-0.25, -0.2) is 4.79 Å². The molecule has 0 atom stereocenters. The molecule has 3 amide bonds. The number of furan rings is 1. The summed E-state index contributed by atoms with van der Waals surface area (Å²) in [5.74, 6) is 1.61. The van der Waals surface area contributed by atoms with Gasteiger partial charge in [0.1, 0.15) is 18.1 Å². The molecule has 0 saturated heterocycles. The number of carbonyl (C=O) groups excluding carboxylic acids is 2. The number of aryl methyl sites for hydroxylation is 3. The molecule has 3 aromatic rings. The fraction of sp³-hybridized carbons (Fsp3) is 0.357. The molecule has 1 aromatic heterocycles. The lowest BCUT2D eigenvalue weighted by atomic mass is 10.1. The van der Waals surface area contributed by atoms with E-state index in [1.807, 2.05) is 95.3 Å². The van der Waals surface area contributed by atoms with Gasteiger partial charge in [0, 0.05) is 18.8 Å². The van der Waals surface area contributed by atoms with Gasteiger partial charge in [-0.2, -0.15) is 0 Å². The summed E-state index contributed by atoms with van der Waals surface area (Å²) in [7, 11) is 0. The number of rotatable bonds is 9. The molecule has 0 spiro atoms. The smallest absolute Gasteiger partial charge is 0.322 e. The predicted octanol–water partition coefficient (Wildman–Crippen LogP) is 5.92. The van der Waals surface area contributed by atoms with E-state index >= 15 is 0 Å². The van der Waals surface area contributed by atoms with Crippen LogP contribution in [0.15, 0.2) is 65.1 Å². The maximum atomic E-state index is 13.5. The average molecular weight is 462 g/mol. The molecular formula is C28H35N3O3. The Hall–Kier alpha value is -3.54. The molecule has 6 nitrogen and oxygen atoms in total. The van der Waals surface area contributed by atoms with Gasteiger partial charge in [-0.1, -0.05) is 61.9 Å². The highest BCUT2D eigenvalue weighted by atomic mass is 16.3.